The molecule has 2 unspecified atom stereocenters. The van der Waals surface area contributed by atoms with Gasteiger partial charge in [0.05, 0.1) is 0 Å². The van der Waals surface area contributed by atoms with Gasteiger partial charge in [0.2, 0.25) is 0 Å². The van der Waals surface area contributed by atoms with Crippen LogP contribution in [0.3, 0.4) is 0 Å². The minimum Gasteiger partial charge on any atom is -0.0760 e. The molecule has 53 heavy (non-hydrogen) atoms. The molecule has 0 amide bonds. The molecular formula is C53H44. The Labute approximate surface area is 314 Å². The minimum atomic E-state index is -0.119. The molecule has 0 saturated heterocycles. The van der Waals surface area contributed by atoms with E-state index in [0.717, 1.165) is 0 Å². The van der Waals surface area contributed by atoms with Crippen LogP contribution in [-0.2, 0) is 16.2 Å². The molecular weight excluding hydrogens is 637 g/mol. The third-order valence-corrected chi connectivity index (χ3v) is 13.9. The summed E-state index contributed by atoms with van der Waals surface area (Å²) in [7, 11) is 0. The first kappa shape index (κ1) is 31.1. The van der Waals surface area contributed by atoms with Crippen LogP contribution in [0.1, 0.15) is 103 Å². The summed E-state index contributed by atoms with van der Waals surface area (Å²) in [5.41, 5.74) is 25.1. The number of benzene rings is 6. The van der Waals surface area contributed by atoms with Crippen molar-refractivity contribution in [1.29, 1.82) is 0 Å². The lowest BCUT2D eigenvalue weighted by atomic mass is 9.65. The van der Waals surface area contributed by atoms with E-state index in [2.05, 4.69) is 187 Å². The standard InChI is InChI=1S/C53H44/c1-51(2)44-23-15-13-19-34(44)39-28-47-40(29-46(39)51)35-25-24-32(26-45(35)53(47,5)6)50-37-21-11-10-20-36(37)49(31-16-8-7-9-17-31)42-30-48-38(27-41(42)50)33-18-12-14-22-43(33)52(48,3)4/h7-30,37,50H,1-6H3. The van der Waals surface area contributed by atoms with Crippen LogP contribution in [0.25, 0.3) is 39.0 Å². The Morgan fingerprint density at radius 3 is 1.57 bits per heavy atom. The summed E-state index contributed by atoms with van der Waals surface area (Å²) in [5.74, 6) is 0.423. The third kappa shape index (κ3) is 3.97. The highest BCUT2D eigenvalue weighted by atomic mass is 14.5. The van der Waals surface area contributed by atoms with Gasteiger partial charge >= 0.3 is 0 Å². The lowest BCUT2D eigenvalue weighted by Crippen LogP contribution is -2.24. The first-order valence-electron chi connectivity index (χ1n) is 19.4. The van der Waals surface area contributed by atoms with Crippen LogP contribution in [-0.4, -0.2) is 0 Å². The van der Waals surface area contributed by atoms with Crippen molar-refractivity contribution in [2.75, 3.05) is 0 Å². The molecule has 0 nitrogen and oxygen atoms in total. The molecule has 0 radical (unpaired) electrons. The van der Waals surface area contributed by atoms with Crippen LogP contribution in [0.5, 0.6) is 0 Å². The van der Waals surface area contributed by atoms with Gasteiger partial charge in [-0.05, 0) is 124 Å². The van der Waals surface area contributed by atoms with Crippen molar-refractivity contribution in [3.05, 3.63) is 207 Å². The molecule has 0 aliphatic heterocycles. The van der Waals surface area contributed by atoms with Gasteiger partial charge in [-0.3, -0.25) is 0 Å². The van der Waals surface area contributed by atoms with Gasteiger partial charge in [-0.1, -0.05) is 163 Å². The zero-order valence-electron chi connectivity index (χ0n) is 31.5. The van der Waals surface area contributed by atoms with Gasteiger partial charge < -0.3 is 0 Å². The zero-order valence-corrected chi connectivity index (χ0v) is 31.5. The molecule has 6 aromatic rings. The normalized spacial score (nSPS) is 20.9. The Hall–Kier alpha value is -5.46. The highest BCUT2D eigenvalue weighted by Crippen LogP contribution is 2.59. The molecule has 0 aromatic heterocycles. The van der Waals surface area contributed by atoms with E-state index in [0.29, 0.717) is 0 Å². The van der Waals surface area contributed by atoms with Crippen LogP contribution in [0, 0.1) is 5.92 Å². The van der Waals surface area contributed by atoms with Gasteiger partial charge in [0, 0.05) is 28.1 Å². The Morgan fingerprint density at radius 2 is 0.925 bits per heavy atom. The average Bonchev–Trinajstić information content (AvgIpc) is 3.64. The fourth-order valence-electron chi connectivity index (χ4n) is 11.1. The van der Waals surface area contributed by atoms with Gasteiger partial charge in [-0.15, -0.1) is 0 Å². The fraction of sp³-hybridized carbons (Fsp3) is 0.208. The van der Waals surface area contributed by atoms with Crippen molar-refractivity contribution in [3.63, 3.8) is 0 Å². The summed E-state index contributed by atoms with van der Waals surface area (Å²) in [5, 5.41) is 0. The first-order chi connectivity index (χ1) is 25.6. The summed E-state index contributed by atoms with van der Waals surface area (Å²) in [4.78, 5) is 0. The van der Waals surface area contributed by atoms with E-state index >= 15 is 0 Å². The van der Waals surface area contributed by atoms with E-state index in [1.807, 2.05) is 0 Å². The van der Waals surface area contributed by atoms with Crippen LogP contribution in [0.15, 0.2) is 151 Å². The second-order valence-corrected chi connectivity index (χ2v) is 17.6. The lowest BCUT2D eigenvalue weighted by molar-refractivity contribution is 0.632. The van der Waals surface area contributed by atoms with E-state index in [-0.39, 0.29) is 28.1 Å². The molecule has 0 saturated carbocycles. The lowest BCUT2D eigenvalue weighted by Gasteiger charge is -2.38. The van der Waals surface area contributed by atoms with Gasteiger partial charge in [-0.25, -0.2) is 0 Å². The SMILES string of the molecule is CC1(C)c2ccccc2-c2cc3c(cc21)C(c1ccccc1)=C1C=CC=CC1C3c1ccc2c(c1)C(C)(C)c1cc3c(cc1-2)C(C)(C)c1ccccc1-3. The number of rotatable bonds is 2. The van der Waals surface area contributed by atoms with E-state index in [1.165, 1.54) is 100 Å². The summed E-state index contributed by atoms with van der Waals surface area (Å²) < 4.78 is 0. The largest absolute Gasteiger partial charge is 0.0760 e. The molecule has 0 spiro atoms. The topological polar surface area (TPSA) is 0 Å². The molecule has 6 aromatic carbocycles. The first-order valence-corrected chi connectivity index (χ1v) is 19.4. The smallest absolute Gasteiger partial charge is 0.0200 e. The molecule has 0 fully saturated rings. The predicted molar refractivity (Wildman–Crippen MR) is 222 cm³/mol. The van der Waals surface area contributed by atoms with Gasteiger partial charge in [0.1, 0.15) is 0 Å². The summed E-state index contributed by atoms with van der Waals surface area (Å²) in [6.45, 7) is 14.5. The van der Waals surface area contributed by atoms with Crippen LogP contribution >= 0.6 is 0 Å². The van der Waals surface area contributed by atoms with E-state index in [9.17, 15) is 0 Å². The Bertz CT molecular complexity index is 2690. The van der Waals surface area contributed by atoms with Crippen molar-refractivity contribution in [1.82, 2.24) is 0 Å². The molecule has 5 aliphatic carbocycles. The van der Waals surface area contributed by atoms with E-state index in [1.54, 1.807) is 0 Å². The van der Waals surface area contributed by atoms with Crippen molar-refractivity contribution >= 4 is 5.57 Å². The summed E-state index contributed by atoms with van der Waals surface area (Å²) in [6, 6.07) is 47.0. The average molecular weight is 681 g/mol. The molecule has 0 heterocycles. The van der Waals surface area contributed by atoms with Crippen LogP contribution < -0.4 is 0 Å². The Morgan fingerprint density at radius 1 is 0.415 bits per heavy atom. The maximum atomic E-state index is 2.59. The monoisotopic (exact) mass is 680 g/mol. The number of allylic oxidation sites excluding steroid dienone is 5. The Kier molecular flexibility index (Phi) is 6.08. The second kappa shape index (κ2) is 10.4. The Balaban J connectivity index is 1.13. The summed E-state index contributed by atoms with van der Waals surface area (Å²) in [6.07, 6.45) is 9.37. The molecule has 5 aliphatic rings. The molecule has 0 bridgehead atoms. The second-order valence-electron chi connectivity index (χ2n) is 17.6. The minimum absolute atomic E-state index is 0.0208. The van der Waals surface area contributed by atoms with Crippen molar-refractivity contribution < 1.29 is 0 Å². The summed E-state index contributed by atoms with van der Waals surface area (Å²) >= 11 is 0. The van der Waals surface area contributed by atoms with Gasteiger partial charge in [-0.2, -0.15) is 0 Å². The number of hydrogen-bond acceptors (Lipinski definition) is 0. The third-order valence-electron chi connectivity index (χ3n) is 13.9. The van der Waals surface area contributed by atoms with Crippen LogP contribution in [0.4, 0.5) is 0 Å². The van der Waals surface area contributed by atoms with Gasteiger partial charge in [0.15, 0.2) is 0 Å². The van der Waals surface area contributed by atoms with Crippen molar-refractivity contribution in [2.45, 2.75) is 63.7 Å². The number of fused-ring (bicyclic) bond motifs is 11. The van der Waals surface area contributed by atoms with E-state index < -0.39 is 0 Å². The number of hydrogen-bond donors (Lipinski definition) is 0. The van der Waals surface area contributed by atoms with Crippen LogP contribution in [0.2, 0.25) is 0 Å². The highest BCUT2D eigenvalue weighted by molar-refractivity contribution is 5.93. The highest BCUT2D eigenvalue weighted by Gasteiger charge is 2.44. The fourth-order valence-corrected chi connectivity index (χ4v) is 11.1. The van der Waals surface area contributed by atoms with Crippen molar-refractivity contribution in [3.8, 4) is 33.4 Å². The quantitative estimate of drug-likeness (QED) is 0.171. The maximum absolute atomic E-state index is 2.59. The molecule has 2 atom stereocenters. The maximum Gasteiger partial charge on any atom is 0.0200 e. The molecule has 0 N–H and O–H groups in total. The van der Waals surface area contributed by atoms with Crippen molar-refractivity contribution in [2.24, 2.45) is 5.92 Å². The predicted octanol–water partition coefficient (Wildman–Crippen LogP) is 13.3. The zero-order chi connectivity index (χ0) is 36.0. The molecule has 256 valence electrons. The molecule has 0 heteroatoms. The van der Waals surface area contributed by atoms with E-state index in [4.69, 9.17) is 0 Å². The molecule has 11 rings (SSSR count). The van der Waals surface area contributed by atoms with Gasteiger partial charge in [0.25, 0.3) is 0 Å².